The maximum atomic E-state index is 10.9. The Kier molecular flexibility index (Phi) is 4.84. The molecule has 0 fully saturated rings. The summed E-state index contributed by atoms with van der Waals surface area (Å²) in [5.41, 5.74) is 1.37. The van der Waals surface area contributed by atoms with Crippen LogP contribution in [0.2, 0.25) is 0 Å². The summed E-state index contributed by atoms with van der Waals surface area (Å²) < 4.78 is 0.799. The lowest BCUT2D eigenvalue weighted by Gasteiger charge is -1.99. The molecule has 21 heavy (non-hydrogen) atoms. The molecule has 0 aliphatic rings. The van der Waals surface area contributed by atoms with Crippen molar-refractivity contribution in [3.8, 4) is 0 Å². The number of non-ortho nitro benzene ring substituents is 1. The fraction of sp³-hybridized carbons (Fsp3) is 0.133. The van der Waals surface area contributed by atoms with Crippen LogP contribution in [-0.2, 0) is 0 Å². The van der Waals surface area contributed by atoms with E-state index in [1.165, 1.54) is 17.4 Å². The minimum atomic E-state index is -0.408. The minimum absolute atomic E-state index is 0.0369. The number of anilines is 2. The first-order chi connectivity index (χ1) is 10.2. The summed E-state index contributed by atoms with van der Waals surface area (Å²) in [4.78, 5) is 14.8. The number of rotatable bonds is 3. The van der Waals surface area contributed by atoms with Crippen LogP contribution >= 0.6 is 11.3 Å². The van der Waals surface area contributed by atoms with Crippen LogP contribution in [0.4, 0.5) is 16.5 Å². The fourth-order valence-corrected chi connectivity index (χ4v) is 2.69. The molecular formula is C15H15N3O2S. The molecular weight excluding hydrogens is 286 g/mol. The highest BCUT2D eigenvalue weighted by molar-refractivity contribution is 7.22. The van der Waals surface area contributed by atoms with E-state index in [9.17, 15) is 10.1 Å². The molecule has 0 spiro atoms. The van der Waals surface area contributed by atoms with Crippen LogP contribution in [0.25, 0.3) is 10.2 Å². The standard InChI is InChI=1S/C13H9N3O2S.C2H6/c17-16(18)10-7-4-8-11-12(10)15-13(19-11)14-9-5-2-1-3-6-9;1-2/h1-8H,(H,14,15);1-2H3. The van der Waals surface area contributed by atoms with Gasteiger partial charge in [-0.15, -0.1) is 0 Å². The van der Waals surface area contributed by atoms with Gasteiger partial charge in [-0.2, -0.15) is 0 Å². The van der Waals surface area contributed by atoms with Crippen molar-refractivity contribution < 1.29 is 4.92 Å². The smallest absolute Gasteiger partial charge is 0.296 e. The van der Waals surface area contributed by atoms with Crippen LogP contribution in [-0.4, -0.2) is 9.91 Å². The van der Waals surface area contributed by atoms with Crippen molar-refractivity contribution in [3.05, 3.63) is 58.6 Å². The van der Waals surface area contributed by atoms with Gasteiger partial charge in [-0.1, -0.05) is 49.4 Å². The van der Waals surface area contributed by atoms with Crippen LogP contribution in [0.5, 0.6) is 0 Å². The van der Waals surface area contributed by atoms with Gasteiger partial charge in [0.15, 0.2) is 10.6 Å². The Balaban J connectivity index is 0.000000774. The third kappa shape index (κ3) is 3.35. The van der Waals surface area contributed by atoms with Crippen LogP contribution in [0, 0.1) is 10.1 Å². The molecule has 1 heterocycles. The average Bonchev–Trinajstić information content (AvgIpc) is 2.92. The molecule has 2 aromatic carbocycles. The van der Waals surface area contributed by atoms with E-state index in [2.05, 4.69) is 10.3 Å². The topological polar surface area (TPSA) is 68.1 Å². The molecule has 6 heteroatoms. The Morgan fingerprint density at radius 2 is 1.81 bits per heavy atom. The summed E-state index contributed by atoms with van der Waals surface area (Å²) in [6.07, 6.45) is 0. The zero-order valence-electron chi connectivity index (χ0n) is 11.7. The molecule has 0 bridgehead atoms. The van der Waals surface area contributed by atoms with E-state index in [0.29, 0.717) is 10.6 Å². The van der Waals surface area contributed by atoms with E-state index in [-0.39, 0.29) is 5.69 Å². The van der Waals surface area contributed by atoms with E-state index in [0.717, 1.165) is 10.4 Å². The predicted molar refractivity (Wildman–Crippen MR) is 87.3 cm³/mol. The van der Waals surface area contributed by atoms with Crippen molar-refractivity contribution in [1.82, 2.24) is 4.98 Å². The third-order valence-corrected chi connectivity index (χ3v) is 3.56. The Morgan fingerprint density at radius 1 is 1.10 bits per heavy atom. The number of hydrogen-bond donors (Lipinski definition) is 1. The predicted octanol–water partition coefficient (Wildman–Crippen LogP) is 4.97. The van der Waals surface area contributed by atoms with Gasteiger partial charge in [0.1, 0.15) is 0 Å². The van der Waals surface area contributed by atoms with Gasteiger partial charge < -0.3 is 5.32 Å². The van der Waals surface area contributed by atoms with Crippen molar-refractivity contribution in [1.29, 1.82) is 0 Å². The molecule has 0 saturated heterocycles. The van der Waals surface area contributed by atoms with Crippen LogP contribution in [0.15, 0.2) is 48.5 Å². The molecule has 1 aromatic heterocycles. The van der Waals surface area contributed by atoms with Crippen LogP contribution in [0.3, 0.4) is 0 Å². The lowest BCUT2D eigenvalue weighted by atomic mass is 10.3. The second kappa shape index (κ2) is 6.81. The van der Waals surface area contributed by atoms with Crippen molar-refractivity contribution >= 4 is 38.1 Å². The van der Waals surface area contributed by atoms with Crippen LogP contribution < -0.4 is 5.32 Å². The minimum Gasteiger partial charge on any atom is -0.332 e. The molecule has 0 atom stereocenters. The molecule has 1 N–H and O–H groups in total. The van der Waals surface area contributed by atoms with Crippen molar-refractivity contribution in [3.63, 3.8) is 0 Å². The maximum absolute atomic E-state index is 10.9. The second-order valence-corrected chi connectivity index (χ2v) is 4.92. The molecule has 0 aliphatic carbocycles. The second-order valence-electron chi connectivity index (χ2n) is 3.89. The normalized spacial score (nSPS) is 9.81. The number of aromatic nitrogens is 1. The fourth-order valence-electron chi connectivity index (χ4n) is 1.78. The number of nitrogens with zero attached hydrogens (tertiary/aromatic N) is 2. The van der Waals surface area contributed by atoms with E-state index in [1.807, 2.05) is 50.2 Å². The monoisotopic (exact) mass is 301 g/mol. The summed E-state index contributed by atoms with van der Waals surface area (Å²) in [5, 5.41) is 14.7. The quantitative estimate of drug-likeness (QED) is 0.547. The van der Waals surface area contributed by atoms with Gasteiger partial charge >= 0.3 is 0 Å². The van der Waals surface area contributed by atoms with E-state index < -0.39 is 4.92 Å². The van der Waals surface area contributed by atoms with E-state index >= 15 is 0 Å². The number of nitrogens with one attached hydrogen (secondary N) is 1. The highest BCUT2D eigenvalue weighted by atomic mass is 32.1. The van der Waals surface area contributed by atoms with Gasteiger partial charge in [0, 0.05) is 11.8 Å². The lowest BCUT2D eigenvalue weighted by Crippen LogP contribution is -1.90. The Bertz CT molecular complexity index is 741. The number of para-hydroxylation sites is 2. The number of hydrogen-bond acceptors (Lipinski definition) is 5. The first-order valence-corrected chi connectivity index (χ1v) is 7.42. The first-order valence-electron chi connectivity index (χ1n) is 6.60. The Labute approximate surface area is 126 Å². The van der Waals surface area contributed by atoms with Gasteiger partial charge in [0.05, 0.1) is 9.62 Å². The highest BCUT2D eigenvalue weighted by Gasteiger charge is 2.15. The summed E-state index contributed by atoms with van der Waals surface area (Å²) >= 11 is 1.40. The number of benzene rings is 2. The zero-order chi connectivity index (χ0) is 15.2. The molecule has 0 amide bonds. The average molecular weight is 301 g/mol. The molecule has 0 radical (unpaired) electrons. The molecule has 0 saturated carbocycles. The summed E-state index contributed by atoms with van der Waals surface area (Å²) in [5.74, 6) is 0. The largest absolute Gasteiger partial charge is 0.332 e. The van der Waals surface area contributed by atoms with Crippen molar-refractivity contribution in [2.45, 2.75) is 13.8 Å². The Morgan fingerprint density at radius 3 is 2.48 bits per heavy atom. The van der Waals surface area contributed by atoms with E-state index in [1.54, 1.807) is 6.07 Å². The Hall–Kier alpha value is -2.47. The van der Waals surface area contributed by atoms with Gasteiger partial charge in [0.2, 0.25) is 0 Å². The molecule has 0 unspecified atom stereocenters. The summed E-state index contributed by atoms with van der Waals surface area (Å²) in [6, 6.07) is 14.6. The van der Waals surface area contributed by atoms with Gasteiger partial charge in [-0.25, -0.2) is 4.98 Å². The first kappa shape index (κ1) is 14.9. The van der Waals surface area contributed by atoms with E-state index in [4.69, 9.17) is 0 Å². The number of nitro groups is 1. The van der Waals surface area contributed by atoms with Gasteiger partial charge in [-0.05, 0) is 18.2 Å². The molecule has 0 aliphatic heterocycles. The molecule has 108 valence electrons. The molecule has 3 rings (SSSR count). The van der Waals surface area contributed by atoms with Gasteiger partial charge in [-0.3, -0.25) is 10.1 Å². The number of fused-ring (bicyclic) bond motifs is 1. The third-order valence-electron chi connectivity index (χ3n) is 2.62. The number of nitro benzene ring substituents is 1. The van der Waals surface area contributed by atoms with Crippen molar-refractivity contribution in [2.24, 2.45) is 0 Å². The summed E-state index contributed by atoms with van der Waals surface area (Å²) in [6.45, 7) is 4.00. The molecule has 3 aromatic rings. The summed E-state index contributed by atoms with van der Waals surface area (Å²) in [7, 11) is 0. The maximum Gasteiger partial charge on any atom is 0.296 e. The van der Waals surface area contributed by atoms with Gasteiger partial charge in [0.25, 0.3) is 5.69 Å². The SMILES string of the molecule is CC.O=[N+]([O-])c1cccc2sc(Nc3ccccc3)nc12. The highest BCUT2D eigenvalue weighted by Crippen LogP contribution is 2.33. The zero-order valence-corrected chi connectivity index (χ0v) is 12.6. The number of thiazole rings is 1. The van der Waals surface area contributed by atoms with Crippen molar-refractivity contribution in [2.75, 3.05) is 5.32 Å². The van der Waals surface area contributed by atoms with Crippen LogP contribution in [0.1, 0.15) is 13.8 Å². The molecule has 5 nitrogen and oxygen atoms in total. The lowest BCUT2D eigenvalue weighted by molar-refractivity contribution is -0.383.